The van der Waals surface area contributed by atoms with Crippen molar-refractivity contribution in [1.82, 2.24) is 4.57 Å². The van der Waals surface area contributed by atoms with Crippen molar-refractivity contribution in [2.24, 2.45) is 0 Å². The molecule has 1 aliphatic rings. The average Bonchev–Trinajstić information content (AvgIpc) is 2.74. The first-order chi connectivity index (χ1) is 9.15. The quantitative estimate of drug-likeness (QED) is 0.889. The standard InChI is InChI=1S/C16H19NO2/c1-3-17-14-10(2)6-4-7-11(14)12-8-5-9-13(15(12)17)16(18)19/h5,8-10H,3-4,6-7H2,1-2H3,(H,18,19). The molecule has 0 radical (unpaired) electrons. The van der Waals surface area contributed by atoms with Crippen LogP contribution in [0.2, 0.25) is 0 Å². The molecular weight excluding hydrogens is 238 g/mol. The van der Waals surface area contributed by atoms with Crippen LogP contribution in [-0.4, -0.2) is 15.6 Å². The van der Waals surface area contributed by atoms with Crippen LogP contribution in [-0.2, 0) is 13.0 Å². The van der Waals surface area contributed by atoms with E-state index >= 15 is 0 Å². The summed E-state index contributed by atoms with van der Waals surface area (Å²) in [6.07, 6.45) is 3.48. The summed E-state index contributed by atoms with van der Waals surface area (Å²) in [5.74, 6) is -0.305. The molecule has 3 nitrogen and oxygen atoms in total. The highest BCUT2D eigenvalue weighted by molar-refractivity contribution is 6.04. The molecule has 0 amide bonds. The van der Waals surface area contributed by atoms with E-state index < -0.39 is 5.97 Å². The lowest BCUT2D eigenvalue weighted by molar-refractivity contribution is 0.0698. The number of carbonyl (C=O) groups is 1. The van der Waals surface area contributed by atoms with E-state index in [1.165, 1.54) is 24.1 Å². The number of fused-ring (bicyclic) bond motifs is 3. The van der Waals surface area contributed by atoms with Crippen molar-refractivity contribution >= 4 is 16.9 Å². The minimum atomic E-state index is -0.831. The third-order valence-corrected chi connectivity index (χ3v) is 4.31. The first kappa shape index (κ1) is 12.3. The predicted octanol–water partition coefficient (Wildman–Crippen LogP) is 3.80. The summed E-state index contributed by atoms with van der Waals surface area (Å²) >= 11 is 0. The lowest BCUT2D eigenvalue weighted by Crippen LogP contribution is -2.12. The zero-order chi connectivity index (χ0) is 13.6. The molecule has 1 N–H and O–H groups in total. The van der Waals surface area contributed by atoms with E-state index in [-0.39, 0.29) is 0 Å². The smallest absolute Gasteiger partial charge is 0.337 e. The molecule has 3 rings (SSSR count). The van der Waals surface area contributed by atoms with Gasteiger partial charge < -0.3 is 9.67 Å². The molecule has 3 heteroatoms. The molecule has 1 aliphatic carbocycles. The number of hydrogen-bond acceptors (Lipinski definition) is 1. The predicted molar refractivity (Wildman–Crippen MR) is 75.9 cm³/mol. The second kappa shape index (κ2) is 4.41. The molecule has 19 heavy (non-hydrogen) atoms. The summed E-state index contributed by atoms with van der Waals surface area (Å²) in [5, 5.41) is 10.6. The Bertz CT molecular complexity index is 654. The van der Waals surface area contributed by atoms with Gasteiger partial charge in [-0.25, -0.2) is 4.79 Å². The minimum Gasteiger partial charge on any atom is -0.478 e. The van der Waals surface area contributed by atoms with Crippen LogP contribution >= 0.6 is 0 Å². The molecule has 1 aromatic heterocycles. The number of rotatable bonds is 2. The van der Waals surface area contributed by atoms with Crippen molar-refractivity contribution in [1.29, 1.82) is 0 Å². The number of aromatic nitrogens is 1. The number of nitrogens with zero attached hydrogens (tertiary/aromatic N) is 1. The number of aryl methyl sites for hydroxylation is 2. The first-order valence-electron chi connectivity index (χ1n) is 7.02. The largest absolute Gasteiger partial charge is 0.478 e. The molecule has 1 heterocycles. The Morgan fingerprint density at radius 2 is 2.26 bits per heavy atom. The molecule has 0 fully saturated rings. The van der Waals surface area contributed by atoms with E-state index in [9.17, 15) is 9.90 Å². The zero-order valence-electron chi connectivity index (χ0n) is 11.4. The number of carboxylic acid groups (broad SMARTS) is 1. The molecule has 0 saturated heterocycles. The molecule has 2 aromatic rings. The third kappa shape index (κ3) is 1.68. The average molecular weight is 257 g/mol. The minimum absolute atomic E-state index is 0.431. The van der Waals surface area contributed by atoms with Crippen LogP contribution in [0.1, 0.15) is 54.2 Å². The summed E-state index contributed by atoms with van der Waals surface area (Å²) in [6.45, 7) is 5.18. The van der Waals surface area contributed by atoms with Crippen molar-refractivity contribution in [3.05, 3.63) is 35.0 Å². The fraction of sp³-hybridized carbons (Fsp3) is 0.438. The van der Waals surface area contributed by atoms with Gasteiger partial charge in [0.2, 0.25) is 0 Å². The molecule has 0 bridgehead atoms. The fourth-order valence-electron chi connectivity index (χ4n) is 3.55. The van der Waals surface area contributed by atoms with Gasteiger partial charge in [-0.3, -0.25) is 0 Å². The normalized spacial score (nSPS) is 18.5. The van der Waals surface area contributed by atoms with Crippen molar-refractivity contribution in [3.8, 4) is 0 Å². The Labute approximate surface area is 112 Å². The van der Waals surface area contributed by atoms with Crippen LogP contribution in [0, 0.1) is 0 Å². The van der Waals surface area contributed by atoms with E-state index in [1.807, 2.05) is 6.07 Å². The van der Waals surface area contributed by atoms with E-state index in [2.05, 4.69) is 24.5 Å². The lowest BCUT2D eigenvalue weighted by atomic mass is 9.88. The summed E-state index contributed by atoms with van der Waals surface area (Å²) < 4.78 is 2.22. The maximum atomic E-state index is 11.5. The van der Waals surface area contributed by atoms with E-state index in [4.69, 9.17) is 0 Å². The maximum absolute atomic E-state index is 11.5. The summed E-state index contributed by atoms with van der Waals surface area (Å²) in [7, 11) is 0. The second-order valence-corrected chi connectivity index (χ2v) is 5.41. The maximum Gasteiger partial charge on any atom is 0.337 e. The summed E-state index contributed by atoms with van der Waals surface area (Å²) in [6, 6.07) is 5.66. The highest BCUT2D eigenvalue weighted by Crippen LogP contribution is 2.39. The van der Waals surface area contributed by atoms with Gasteiger partial charge >= 0.3 is 5.97 Å². The first-order valence-corrected chi connectivity index (χ1v) is 7.02. The highest BCUT2D eigenvalue weighted by Gasteiger charge is 2.26. The lowest BCUT2D eigenvalue weighted by Gasteiger charge is -2.22. The SMILES string of the molecule is CCn1c2c(c3cccc(C(=O)O)c31)CCCC2C. The van der Waals surface area contributed by atoms with Crippen LogP contribution < -0.4 is 0 Å². The topological polar surface area (TPSA) is 42.2 Å². The Balaban J connectivity index is 2.43. The van der Waals surface area contributed by atoms with Gasteiger partial charge in [-0.2, -0.15) is 0 Å². The van der Waals surface area contributed by atoms with E-state index in [0.29, 0.717) is 11.5 Å². The Hall–Kier alpha value is -1.77. The van der Waals surface area contributed by atoms with Gasteiger partial charge in [0.25, 0.3) is 0 Å². The highest BCUT2D eigenvalue weighted by atomic mass is 16.4. The van der Waals surface area contributed by atoms with E-state index in [1.54, 1.807) is 6.07 Å². The van der Waals surface area contributed by atoms with Crippen molar-refractivity contribution in [2.75, 3.05) is 0 Å². The van der Waals surface area contributed by atoms with Crippen molar-refractivity contribution in [3.63, 3.8) is 0 Å². The third-order valence-electron chi connectivity index (χ3n) is 4.31. The molecule has 0 spiro atoms. The van der Waals surface area contributed by atoms with Crippen LogP contribution in [0.4, 0.5) is 0 Å². The van der Waals surface area contributed by atoms with Crippen molar-refractivity contribution in [2.45, 2.75) is 45.6 Å². The molecular formula is C16H19NO2. The van der Waals surface area contributed by atoms with Crippen molar-refractivity contribution < 1.29 is 9.90 Å². The Morgan fingerprint density at radius 1 is 1.47 bits per heavy atom. The van der Waals surface area contributed by atoms with Gasteiger partial charge in [0.05, 0.1) is 11.1 Å². The molecule has 1 atom stereocenters. The summed E-state index contributed by atoms with van der Waals surface area (Å²) in [4.78, 5) is 11.5. The van der Waals surface area contributed by atoms with Gasteiger partial charge in [0.15, 0.2) is 0 Å². The van der Waals surface area contributed by atoms with Crippen LogP contribution in [0.5, 0.6) is 0 Å². The Morgan fingerprint density at radius 3 is 2.95 bits per heavy atom. The zero-order valence-corrected chi connectivity index (χ0v) is 11.4. The van der Waals surface area contributed by atoms with Gasteiger partial charge in [-0.15, -0.1) is 0 Å². The van der Waals surface area contributed by atoms with Gasteiger partial charge in [-0.1, -0.05) is 19.1 Å². The van der Waals surface area contributed by atoms with Crippen LogP contribution in [0.25, 0.3) is 10.9 Å². The van der Waals surface area contributed by atoms with Gasteiger partial charge in [-0.05, 0) is 43.7 Å². The van der Waals surface area contributed by atoms with E-state index in [0.717, 1.165) is 23.9 Å². The van der Waals surface area contributed by atoms with Crippen LogP contribution in [0.15, 0.2) is 18.2 Å². The molecule has 0 aliphatic heterocycles. The monoisotopic (exact) mass is 257 g/mol. The number of aromatic carboxylic acids is 1. The number of para-hydroxylation sites is 1. The van der Waals surface area contributed by atoms with Gasteiger partial charge in [0.1, 0.15) is 0 Å². The molecule has 100 valence electrons. The second-order valence-electron chi connectivity index (χ2n) is 5.41. The number of benzene rings is 1. The van der Waals surface area contributed by atoms with Crippen LogP contribution in [0.3, 0.4) is 0 Å². The number of carboxylic acids is 1. The molecule has 0 saturated carbocycles. The molecule has 1 unspecified atom stereocenters. The summed E-state index contributed by atoms with van der Waals surface area (Å²) in [5.41, 5.74) is 4.08. The Kier molecular flexibility index (Phi) is 2.85. The van der Waals surface area contributed by atoms with Gasteiger partial charge in [0, 0.05) is 17.6 Å². The molecule has 1 aromatic carbocycles. The fourth-order valence-corrected chi connectivity index (χ4v) is 3.55. The number of hydrogen-bond donors (Lipinski definition) is 1.